The van der Waals surface area contributed by atoms with Gasteiger partial charge in [-0.25, -0.2) is 4.79 Å². The fourth-order valence-electron chi connectivity index (χ4n) is 1.79. The molecule has 0 radical (unpaired) electrons. The average molecular weight is 292 g/mol. The molecule has 1 aliphatic rings. The first-order chi connectivity index (χ1) is 9.72. The van der Waals surface area contributed by atoms with Gasteiger partial charge in [0.25, 0.3) is 5.91 Å². The van der Waals surface area contributed by atoms with Crippen molar-refractivity contribution in [2.75, 3.05) is 17.7 Å². The number of hydrogen-bond acceptors (Lipinski definition) is 5. The molecule has 1 heterocycles. The van der Waals surface area contributed by atoms with Crippen LogP contribution in [0.2, 0.25) is 0 Å². The minimum atomic E-state index is -0.488. The predicted octanol–water partition coefficient (Wildman–Crippen LogP) is 2.08. The molecule has 1 aliphatic heterocycles. The van der Waals surface area contributed by atoms with E-state index < -0.39 is 5.97 Å². The van der Waals surface area contributed by atoms with E-state index in [0.29, 0.717) is 17.7 Å². The summed E-state index contributed by atoms with van der Waals surface area (Å²) in [5.74, 6) is -0.0227. The zero-order valence-corrected chi connectivity index (χ0v) is 12.0. The lowest BCUT2D eigenvalue weighted by Gasteiger charge is -2.19. The SMILES string of the molecule is CCOC(=O)C1=C(C(=O)Nc2ccccc2)CCSN1. The van der Waals surface area contributed by atoms with Crippen molar-refractivity contribution in [2.24, 2.45) is 0 Å². The van der Waals surface area contributed by atoms with Crippen LogP contribution in [0.3, 0.4) is 0 Å². The number of carbonyl (C=O) groups excluding carboxylic acids is 2. The summed E-state index contributed by atoms with van der Waals surface area (Å²) in [6.45, 7) is 2.01. The van der Waals surface area contributed by atoms with Crippen LogP contribution in [0.25, 0.3) is 0 Å². The Hall–Kier alpha value is -1.95. The third-order valence-electron chi connectivity index (χ3n) is 2.72. The van der Waals surface area contributed by atoms with Crippen molar-refractivity contribution in [1.29, 1.82) is 0 Å². The minimum Gasteiger partial charge on any atom is -0.461 e. The fraction of sp³-hybridized carbons (Fsp3) is 0.286. The van der Waals surface area contributed by atoms with E-state index in [4.69, 9.17) is 4.74 Å². The Balaban J connectivity index is 2.18. The van der Waals surface area contributed by atoms with E-state index in [0.717, 1.165) is 5.75 Å². The summed E-state index contributed by atoms with van der Waals surface area (Å²) in [7, 11) is 0. The second-order valence-corrected chi connectivity index (χ2v) is 5.00. The van der Waals surface area contributed by atoms with Crippen molar-refractivity contribution in [1.82, 2.24) is 4.72 Å². The maximum absolute atomic E-state index is 12.3. The molecule has 1 aromatic carbocycles. The van der Waals surface area contributed by atoms with Crippen LogP contribution in [0.15, 0.2) is 41.6 Å². The van der Waals surface area contributed by atoms with E-state index in [1.807, 2.05) is 18.2 Å². The van der Waals surface area contributed by atoms with Crippen LogP contribution in [-0.2, 0) is 14.3 Å². The molecule has 1 aromatic rings. The Morgan fingerprint density at radius 3 is 2.80 bits per heavy atom. The number of anilines is 1. The highest BCUT2D eigenvalue weighted by atomic mass is 32.2. The topological polar surface area (TPSA) is 67.4 Å². The molecule has 20 heavy (non-hydrogen) atoms. The maximum atomic E-state index is 12.3. The van der Waals surface area contributed by atoms with Gasteiger partial charge in [-0.05, 0) is 25.5 Å². The smallest absolute Gasteiger partial charge is 0.355 e. The fourth-order valence-corrected chi connectivity index (χ4v) is 2.55. The normalized spacial score (nSPS) is 14.4. The Morgan fingerprint density at radius 2 is 2.10 bits per heavy atom. The monoisotopic (exact) mass is 292 g/mol. The molecule has 0 atom stereocenters. The quantitative estimate of drug-likeness (QED) is 0.657. The van der Waals surface area contributed by atoms with Gasteiger partial charge in [-0.15, -0.1) is 0 Å². The highest BCUT2D eigenvalue weighted by molar-refractivity contribution is 7.97. The number of esters is 1. The third-order valence-corrected chi connectivity index (χ3v) is 3.47. The number of benzene rings is 1. The van der Waals surface area contributed by atoms with E-state index in [-0.39, 0.29) is 18.2 Å². The van der Waals surface area contributed by atoms with Crippen LogP contribution >= 0.6 is 11.9 Å². The molecular formula is C14H16N2O3S. The molecule has 0 aliphatic carbocycles. The lowest BCUT2D eigenvalue weighted by Crippen LogP contribution is -2.29. The van der Waals surface area contributed by atoms with E-state index >= 15 is 0 Å². The van der Waals surface area contributed by atoms with E-state index in [1.165, 1.54) is 11.9 Å². The first-order valence-electron chi connectivity index (χ1n) is 6.37. The largest absolute Gasteiger partial charge is 0.461 e. The summed E-state index contributed by atoms with van der Waals surface area (Å²) in [5, 5.41) is 2.78. The van der Waals surface area contributed by atoms with Gasteiger partial charge < -0.3 is 14.8 Å². The standard InChI is InChI=1S/C14H16N2O3S/c1-2-19-14(18)12-11(8-9-20-16-12)13(17)15-10-6-4-3-5-7-10/h3-7,16H,2,8-9H2,1H3,(H,15,17). The zero-order chi connectivity index (χ0) is 14.4. The molecule has 1 amide bonds. The molecule has 0 saturated heterocycles. The van der Waals surface area contributed by atoms with Crippen LogP contribution in [0.5, 0.6) is 0 Å². The molecule has 0 fully saturated rings. The summed E-state index contributed by atoms with van der Waals surface area (Å²) >= 11 is 1.40. The molecule has 2 N–H and O–H groups in total. The first kappa shape index (κ1) is 14.5. The van der Waals surface area contributed by atoms with E-state index in [2.05, 4.69) is 10.0 Å². The second-order valence-electron chi connectivity index (χ2n) is 4.09. The molecule has 0 spiro atoms. The molecule has 6 heteroatoms. The van der Waals surface area contributed by atoms with Gasteiger partial charge in [-0.1, -0.05) is 30.1 Å². The van der Waals surface area contributed by atoms with Crippen molar-refractivity contribution in [3.8, 4) is 0 Å². The minimum absolute atomic E-state index is 0.247. The van der Waals surface area contributed by atoms with E-state index in [9.17, 15) is 9.59 Å². The molecule has 106 valence electrons. The molecule has 0 aromatic heterocycles. The highest BCUT2D eigenvalue weighted by Crippen LogP contribution is 2.21. The summed E-state index contributed by atoms with van der Waals surface area (Å²) in [6.07, 6.45) is 0.532. The highest BCUT2D eigenvalue weighted by Gasteiger charge is 2.25. The van der Waals surface area contributed by atoms with Crippen molar-refractivity contribution in [2.45, 2.75) is 13.3 Å². The van der Waals surface area contributed by atoms with E-state index in [1.54, 1.807) is 19.1 Å². The van der Waals surface area contributed by atoms with Crippen LogP contribution in [0.4, 0.5) is 5.69 Å². The summed E-state index contributed by atoms with van der Waals surface area (Å²) in [5.41, 5.74) is 1.38. The first-order valence-corrected chi connectivity index (χ1v) is 7.35. The number of para-hydroxylation sites is 1. The Labute approximate surface area is 121 Å². The number of rotatable bonds is 4. The van der Waals surface area contributed by atoms with Crippen LogP contribution < -0.4 is 10.0 Å². The maximum Gasteiger partial charge on any atom is 0.355 e. The Kier molecular flexibility index (Phi) is 5.06. The van der Waals surface area contributed by atoms with Gasteiger partial charge in [0, 0.05) is 17.0 Å². The molecule has 0 saturated carbocycles. The third kappa shape index (κ3) is 3.54. The summed E-state index contributed by atoms with van der Waals surface area (Å²) in [4.78, 5) is 24.1. The molecule has 2 rings (SSSR count). The lowest BCUT2D eigenvalue weighted by molar-refractivity contribution is -0.139. The summed E-state index contributed by atoms with van der Waals surface area (Å²) < 4.78 is 7.84. The van der Waals surface area contributed by atoms with Crippen LogP contribution in [-0.4, -0.2) is 24.2 Å². The van der Waals surface area contributed by atoms with Gasteiger partial charge in [-0.2, -0.15) is 0 Å². The Morgan fingerprint density at radius 1 is 1.35 bits per heavy atom. The van der Waals surface area contributed by atoms with Gasteiger partial charge in [0.1, 0.15) is 5.70 Å². The van der Waals surface area contributed by atoms with Gasteiger partial charge in [0.15, 0.2) is 0 Å². The van der Waals surface area contributed by atoms with Crippen molar-refractivity contribution >= 4 is 29.5 Å². The number of hydrogen-bond donors (Lipinski definition) is 2. The lowest BCUT2D eigenvalue weighted by atomic mass is 10.1. The van der Waals surface area contributed by atoms with Gasteiger partial charge >= 0.3 is 5.97 Å². The van der Waals surface area contributed by atoms with Crippen LogP contribution in [0, 0.1) is 0 Å². The number of ether oxygens (including phenoxy) is 1. The zero-order valence-electron chi connectivity index (χ0n) is 11.1. The van der Waals surface area contributed by atoms with Crippen molar-refractivity contribution in [3.63, 3.8) is 0 Å². The van der Waals surface area contributed by atoms with Gasteiger partial charge in [-0.3, -0.25) is 4.79 Å². The predicted molar refractivity (Wildman–Crippen MR) is 78.9 cm³/mol. The van der Waals surface area contributed by atoms with Crippen molar-refractivity contribution < 1.29 is 14.3 Å². The van der Waals surface area contributed by atoms with Gasteiger partial charge in [0.05, 0.1) is 6.61 Å². The second kappa shape index (κ2) is 7.00. The van der Waals surface area contributed by atoms with Crippen LogP contribution in [0.1, 0.15) is 13.3 Å². The summed E-state index contributed by atoms with van der Waals surface area (Å²) in [6, 6.07) is 9.15. The van der Waals surface area contributed by atoms with Gasteiger partial charge in [0.2, 0.25) is 0 Å². The molecule has 5 nitrogen and oxygen atoms in total. The number of nitrogens with one attached hydrogen (secondary N) is 2. The Bertz CT molecular complexity index is 528. The molecule has 0 bridgehead atoms. The number of amides is 1. The number of carbonyl (C=O) groups is 2. The molecule has 0 unspecified atom stereocenters. The molecular weight excluding hydrogens is 276 g/mol. The van der Waals surface area contributed by atoms with Crippen molar-refractivity contribution in [3.05, 3.63) is 41.6 Å². The average Bonchev–Trinajstić information content (AvgIpc) is 2.48.